The molecule has 4 heterocycles. The summed E-state index contributed by atoms with van der Waals surface area (Å²) in [6.45, 7) is 6.89. The van der Waals surface area contributed by atoms with E-state index < -0.39 is 5.60 Å². The highest BCUT2D eigenvalue weighted by molar-refractivity contribution is 5.90. The van der Waals surface area contributed by atoms with E-state index >= 15 is 0 Å². The van der Waals surface area contributed by atoms with Gasteiger partial charge in [0.15, 0.2) is 0 Å². The molecule has 8 heteroatoms. The molecule has 0 saturated carbocycles. The predicted octanol–water partition coefficient (Wildman–Crippen LogP) is 5.27. The van der Waals surface area contributed by atoms with Crippen molar-refractivity contribution in [3.05, 3.63) is 67.0 Å². The molecule has 0 aliphatic carbocycles. The van der Waals surface area contributed by atoms with Crippen LogP contribution in [-0.4, -0.2) is 55.3 Å². The molecule has 1 saturated heterocycles. The van der Waals surface area contributed by atoms with E-state index in [9.17, 15) is 4.79 Å². The first-order valence-corrected chi connectivity index (χ1v) is 12.0. The van der Waals surface area contributed by atoms with Crippen LogP contribution in [0.25, 0.3) is 28.0 Å². The summed E-state index contributed by atoms with van der Waals surface area (Å²) < 4.78 is 7.44. The number of carbonyl (C=O) groups excluding carboxylic acids is 1. The molecule has 5 rings (SSSR count). The van der Waals surface area contributed by atoms with E-state index in [2.05, 4.69) is 22.4 Å². The van der Waals surface area contributed by atoms with E-state index in [0.29, 0.717) is 19.0 Å². The van der Waals surface area contributed by atoms with Crippen molar-refractivity contribution in [2.45, 2.75) is 45.3 Å². The van der Waals surface area contributed by atoms with Gasteiger partial charge in [0.25, 0.3) is 0 Å². The number of nitrogens with zero attached hydrogens (tertiary/aromatic N) is 5. The molecule has 0 spiro atoms. The maximum Gasteiger partial charge on any atom is 0.410 e. The zero-order valence-corrected chi connectivity index (χ0v) is 20.3. The predicted molar refractivity (Wildman–Crippen MR) is 136 cm³/mol. The number of piperidine rings is 1. The fourth-order valence-electron chi connectivity index (χ4n) is 4.39. The van der Waals surface area contributed by atoms with Crippen molar-refractivity contribution < 1.29 is 9.53 Å². The van der Waals surface area contributed by atoms with E-state index in [-0.39, 0.29) is 12.1 Å². The molecule has 3 aromatic heterocycles. The molecule has 35 heavy (non-hydrogen) atoms. The minimum Gasteiger partial charge on any atom is -0.444 e. The van der Waals surface area contributed by atoms with Gasteiger partial charge in [0.2, 0.25) is 5.95 Å². The third-order valence-electron chi connectivity index (χ3n) is 5.91. The molecule has 1 fully saturated rings. The number of aromatic nitrogens is 4. The summed E-state index contributed by atoms with van der Waals surface area (Å²) in [5.41, 5.74) is 4.11. The Morgan fingerprint density at radius 3 is 2.69 bits per heavy atom. The lowest BCUT2D eigenvalue weighted by molar-refractivity contribution is 0.0206. The Labute approximate surface area is 205 Å². The molecule has 1 amide bonds. The molecule has 0 radical (unpaired) electrons. The van der Waals surface area contributed by atoms with Crippen molar-refractivity contribution in [2.24, 2.45) is 0 Å². The molecule has 1 atom stereocenters. The van der Waals surface area contributed by atoms with Crippen LogP contribution in [-0.2, 0) is 4.74 Å². The van der Waals surface area contributed by atoms with Gasteiger partial charge >= 0.3 is 6.09 Å². The number of hydrogen-bond acceptors (Lipinski definition) is 6. The SMILES string of the molecule is CC(C)(C)OC(=O)N1CCCC(Nc2nccc(-c3c(-c4ccccc4)nn4ccccc34)n2)C1. The van der Waals surface area contributed by atoms with Gasteiger partial charge in [-0.3, -0.25) is 0 Å². The summed E-state index contributed by atoms with van der Waals surface area (Å²) in [4.78, 5) is 23.6. The van der Waals surface area contributed by atoms with Crippen LogP contribution >= 0.6 is 0 Å². The number of ether oxygens (including phenoxy) is 1. The molecule has 1 aromatic carbocycles. The summed E-state index contributed by atoms with van der Waals surface area (Å²) >= 11 is 0. The molecule has 1 unspecified atom stereocenters. The second kappa shape index (κ2) is 9.37. The van der Waals surface area contributed by atoms with Crippen LogP contribution in [0.1, 0.15) is 33.6 Å². The number of likely N-dealkylation sites (tertiary alicyclic amines) is 1. The zero-order valence-electron chi connectivity index (χ0n) is 20.3. The average molecular weight is 471 g/mol. The standard InChI is InChI=1S/C27H30N6O2/c1-27(2,3)35-26(34)32-16-9-12-20(18-32)29-25-28-15-14-21(30-25)23-22-13-7-8-17-33(22)31-24(23)19-10-5-4-6-11-19/h4-8,10-11,13-15,17,20H,9,12,16,18H2,1-3H3,(H,28,29,30). The summed E-state index contributed by atoms with van der Waals surface area (Å²) in [5.74, 6) is 0.535. The number of pyridine rings is 1. The summed E-state index contributed by atoms with van der Waals surface area (Å²) in [6, 6.07) is 18.1. The monoisotopic (exact) mass is 470 g/mol. The minimum atomic E-state index is -0.514. The fraction of sp³-hybridized carbons (Fsp3) is 0.333. The molecule has 8 nitrogen and oxygen atoms in total. The molecule has 180 valence electrons. The number of anilines is 1. The first-order chi connectivity index (χ1) is 16.9. The lowest BCUT2D eigenvalue weighted by atomic mass is 10.0. The Morgan fingerprint density at radius 1 is 1.09 bits per heavy atom. The van der Waals surface area contributed by atoms with Crippen LogP contribution in [0.3, 0.4) is 0 Å². The van der Waals surface area contributed by atoms with Gasteiger partial charge in [-0.15, -0.1) is 0 Å². The van der Waals surface area contributed by atoms with Crippen molar-refractivity contribution in [1.29, 1.82) is 0 Å². The normalized spacial score (nSPS) is 16.3. The van der Waals surface area contributed by atoms with Gasteiger partial charge < -0.3 is 15.0 Å². The van der Waals surface area contributed by atoms with Crippen molar-refractivity contribution in [2.75, 3.05) is 18.4 Å². The molecule has 1 aliphatic rings. The number of benzene rings is 1. The second-order valence-corrected chi connectivity index (χ2v) is 9.80. The molecule has 1 aliphatic heterocycles. The van der Waals surface area contributed by atoms with Crippen LogP contribution in [0, 0.1) is 0 Å². The first kappa shape index (κ1) is 22.8. The highest BCUT2D eigenvalue weighted by Crippen LogP contribution is 2.34. The molecule has 1 N–H and O–H groups in total. The number of hydrogen-bond donors (Lipinski definition) is 1. The number of nitrogens with one attached hydrogen (secondary N) is 1. The van der Waals surface area contributed by atoms with E-state index in [4.69, 9.17) is 14.8 Å². The van der Waals surface area contributed by atoms with Crippen LogP contribution in [0.2, 0.25) is 0 Å². The van der Waals surface area contributed by atoms with Crippen molar-refractivity contribution >= 4 is 17.6 Å². The molecule has 0 bridgehead atoms. The van der Waals surface area contributed by atoms with Gasteiger partial charge in [0.1, 0.15) is 11.3 Å². The van der Waals surface area contributed by atoms with Crippen LogP contribution in [0.5, 0.6) is 0 Å². The van der Waals surface area contributed by atoms with Crippen LogP contribution < -0.4 is 5.32 Å². The van der Waals surface area contributed by atoms with Crippen LogP contribution in [0.4, 0.5) is 10.7 Å². The highest BCUT2D eigenvalue weighted by Gasteiger charge is 2.28. The summed E-state index contributed by atoms with van der Waals surface area (Å²) in [6.07, 6.45) is 5.25. The number of carbonyl (C=O) groups is 1. The van der Waals surface area contributed by atoms with Gasteiger partial charge in [0.05, 0.1) is 16.8 Å². The quantitative estimate of drug-likeness (QED) is 0.437. The zero-order chi connectivity index (χ0) is 24.4. The van der Waals surface area contributed by atoms with Gasteiger partial charge in [-0.05, 0) is 51.8 Å². The maximum atomic E-state index is 12.6. The lowest BCUT2D eigenvalue weighted by Gasteiger charge is -2.34. The Balaban J connectivity index is 1.42. The van der Waals surface area contributed by atoms with E-state index in [0.717, 1.165) is 40.9 Å². The first-order valence-electron chi connectivity index (χ1n) is 12.0. The largest absolute Gasteiger partial charge is 0.444 e. The lowest BCUT2D eigenvalue weighted by Crippen LogP contribution is -2.47. The third kappa shape index (κ3) is 5.11. The van der Waals surface area contributed by atoms with Gasteiger partial charge in [0, 0.05) is 37.1 Å². The topological polar surface area (TPSA) is 84.6 Å². The van der Waals surface area contributed by atoms with Gasteiger partial charge in [-0.2, -0.15) is 5.10 Å². The van der Waals surface area contributed by atoms with Gasteiger partial charge in [-0.25, -0.2) is 19.3 Å². The number of rotatable bonds is 4. The second-order valence-electron chi connectivity index (χ2n) is 9.80. The van der Waals surface area contributed by atoms with Crippen molar-refractivity contribution in [1.82, 2.24) is 24.5 Å². The minimum absolute atomic E-state index is 0.0454. The van der Waals surface area contributed by atoms with Crippen LogP contribution in [0.15, 0.2) is 67.0 Å². The smallest absolute Gasteiger partial charge is 0.410 e. The summed E-state index contributed by atoms with van der Waals surface area (Å²) in [7, 11) is 0. The average Bonchev–Trinajstić information content (AvgIpc) is 3.24. The van der Waals surface area contributed by atoms with Crippen molar-refractivity contribution in [3.8, 4) is 22.5 Å². The van der Waals surface area contributed by atoms with Crippen molar-refractivity contribution in [3.63, 3.8) is 0 Å². The van der Waals surface area contributed by atoms with E-state index in [1.165, 1.54) is 0 Å². The molecule has 4 aromatic rings. The Hall–Kier alpha value is -3.94. The van der Waals surface area contributed by atoms with E-state index in [1.54, 1.807) is 11.1 Å². The molecular formula is C27H30N6O2. The Kier molecular flexibility index (Phi) is 6.11. The van der Waals surface area contributed by atoms with E-state index in [1.807, 2.05) is 73.9 Å². The van der Waals surface area contributed by atoms with Gasteiger partial charge in [-0.1, -0.05) is 36.4 Å². The molecular weight excluding hydrogens is 440 g/mol. The number of fused-ring (bicyclic) bond motifs is 1. The third-order valence-corrected chi connectivity index (χ3v) is 5.91. The Bertz CT molecular complexity index is 1330. The maximum absolute atomic E-state index is 12.6. The highest BCUT2D eigenvalue weighted by atomic mass is 16.6. The fourth-order valence-corrected chi connectivity index (χ4v) is 4.39. The Morgan fingerprint density at radius 2 is 1.89 bits per heavy atom. The summed E-state index contributed by atoms with van der Waals surface area (Å²) in [5, 5.41) is 8.28. The number of amides is 1.